The molecular formula is C27H34NNa5O29S4. The van der Waals surface area contributed by atoms with Gasteiger partial charge in [-0.15, -0.1) is 0 Å². The average Bonchev–Trinajstić information content (AvgIpc) is 3.11. The first-order valence-corrected chi connectivity index (χ1v) is 21.9. The maximum Gasteiger partial charge on any atom is 1.00 e. The molecule has 39 heteroatoms. The van der Waals surface area contributed by atoms with Gasteiger partial charge in [0.25, 0.3) is 0 Å². The third kappa shape index (κ3) is 21.0. The molecule has 1 aromatic carbocycles. The first-order chi connectivity index (χ1) is 28.0. The maximum atomic E-state index is 12.7. The largest absolute Gasteiger partial charge is 1.00 e. The first-order valence-electron chi connectivity index (χ1n) is 16.6. The fraction of sp³-hybridized carbons (Fsp3) is 0.704. The summed E-state index contributed by atoms with van der Waals surface area (Å²) in [6.07, 6.45) is -34.4. The number of aliphatic carboxylic acids is 1. The van der Waals surface area contributed by atoms with E-state index in [1.54, 1.807) is 0 Å². The number of methoxy groups -OCH3 is 1. The van der Waals surface area contributed by atoms with Crippen molar-refractivity contribution in [2.24, 2.45) is 4.99 Å². The number of hydrogen-bond donors (Lipinski definition) is 4. The van der Waals surface area contributed by atoms with Gasteiger partial charge < -0.3 is 77.1 Å². The number of aliphatic hydroxyl groups excluding tert-OH is 3. The Hall–Kier alpha value is 1.92. The van der Waals surface area contributed by atoms with Crippen molar-refractivity contribution in [3.05, 3.63) is 24.3 Å². The predicted molar refractivity (Wildman–Crippen MR) is 176 cm³/mol. The number of aliphatic hydroxyl groups is 3. The van der Waals surface area contributed by atoms with Gasteiger partial charge in [0, 0.05) is 0 Å². The summed E-state index contributed by atoms with van der Waals surface area (Å²) >= 11 is 0. The zero-order chi connectivity index (χ0) is 46.0. The van der Waals surface area contributed by atoms with Crippen LogP contribution in [-0.4, -0.2) is 185 Å². The number of rotatable bonds is 18. The Balaban J connectivity index is 0. The number of carbonyl (C=O) groups excluding carboxylic acids is 1. The summed E-state index contributed by atoms with van der Waals surface area (Å²) in [5.41, 5.74) is 0. The van der Waals surface area contributed by atoms with E-state index in [9.17, 15) is 82.2 Å². The van der Waals surface area contributed by atoms with E-state index < -0.39 is 152 Å². The smallest absolute Gasteiger partial charge is 0.862 e. The van der Waals surface area contributed by atoms with Gasteiger partial charge in [-0.3, -0.25) is 22.1 Å². The summed E-state index contributed by atoms with van der Waals surface area (Å²) in [5.74, 6) is -3.41. The Morgan fingerprint density at radius 3 is 1.65 bits per heavy atom. The molecule has 4 rings (SSSR count). The van der Waals surface area contributed by atoms with Crippen LogP contribution in [0.25, 0.3) is 0 Å². The van der Waals surface area contributed by atoms with E-state index in [0.29, 0.717) is 0 Å². The van der Waals surface area contributed by atoms with Gasteiger partial charge in [0.05, 0.1) is 25.8 Å². The standard InChI is InChI=1S/C27H39NO29S4.5Na/c1-9-18(55-59(38,39)40)16(31)21(57-61(44,45)46)27(49-9)52-20-17(32)26(50-12-6-4-11(47-3)5-7-12)54-23(24(33)34)22(20)53-25-14(28-10(2)29)15(30)19(56-60(41,42)43)13(51-25)8-48-58(35,36)37;;;;;/h4-7,9,13-23,25-27,30-32H,8H2,1-3H3,(H,28,29)(H,33,34)(H,35,36,37)(H,38,39,40)(H,41,42,43)(H,44,45,46);;;;;/q;5*+1/p-5/t9-,13+,14+,15+,16+,17+,18+,19-,20+,21-,22-,23-,25-,26+,27-;;;;;/m0...../s1. The summed E-state index contributed by atoms with van der Waals surface area (Å²) in [6.45, 7) is 0.0812. The molecule has 0 saturated carbocycles. The molecule has 0 amide bonds. The number of hydrogen-bond acceptors (Lipinski definition) is 29. The van der Waals surface area contributed by atoms with Gasteiger partial charge in [-0.1, -0.05) is 0 Å². The topological polar surface area (TPSA) is 464 Å². The van der Waals surface area contributed by atoms with E-state index >= 15 is 0 Å². The molecule has 0 spiro atoms. The van der Waals surface area contributed by atoms with Crippen LogP contribution >= 0.6 is 0 Å². The van der Waals surface area contributed by atoms with Gasteiger partial charge in [0.15, 0.2) is 18.7 Å². The molecule has 0 bridgehead atoms. The summed E-state index contributed by atoms with van der Waals surface area (Å²) in [5, 5.41) is 58.7. The molecule has 0 aromatic heterocycles. The van der Waals surface area contributed by atoms with Crippen LogP contribution in [0.2, 0.25) is 0 Å². The van der Waals surface area contributed by atoms with Crippen molar-refractivity contribution < 1.29 is 280 Å². The molecule has 0 aliphatic carbocycles. The van der Waals surface area contributed by atoms with Gasteiger partial charge in [0.1, 0.15) is 72.5 Å². The van der Waals surface area contributed by atoms with Crippen molar-refractivity contribution in [1.29, 1.82) is 0 Å². The third-order valence-corrected chi connectivity index (χ3v) is 10.2. The Bertz CT molecular complexity index is 2180. The average molecular weight is 1080 g/mol. The molecule has 30 nitrogen and oxygen atoms in total. The van der Waals surface area contributed by atoms with Crippen LogP contribution in [0.3, 0.4) is 0 Å². The summed E-state index contributed by atoms with van der Waals surface area (Å²) in [4.78, 5) is 16.2. The molecule has 3 saturated heterocycles. The molecule has 0 unspecified atom stereocenters. The number of aliphatic imine (C=N–C) groups is 1. The van der Waals surface area contributed by atoms with Crippen LogP contribution in [0, 0.1) is 0 Å². The van der Waals surface area contributed by atoms with E-state index in [-0.39, 0.29) is 159 Å². The van der Waals surface area contributed by atoms with Crippen LogP contribution < -0.4 is 167 Å². The number of carboxylic acid groups (broad SMARTS) is 1. The molecule has 3 aliphatic heterocycles. The Morgan fingerprint density at radius 1 is 0.667 bits per heavy atom. The van der Waals surface area contributed by atoms with Crippen LogP contribution in [0.1, 0.15) is 13.8 Å². The minimum atomic E-state index is -5.86. The predicted octanol–water partition coefficient (Wildman–Crippen LogP) is -22.6. The fourth-order valence-electron chi connectivity index (χ4n) is 6.04. The van der Waals surface area contributed by atoms with E-state index in [1.165, 1.54) is 31.4 Å². The van der Waals surface area contributed by atoms with Crippen molar-refractivity contribution in [3.63, 3.8) is 0 Å². The Labute approximate surface area is 487 Å². The van der Waals surface area contributed by atoms with Crippen molar-refractivity contribution in [3.8, 4) is 11.5 Å². The molecule has 3 heterocycles. The quantitative estimate of drug-likeness (QED) is 0.0349. The molecule has 0 radical (unpaired) electrons. The van der Waals surface area contributed by atoms with E-state index in [1.807, 2.05) is 0 Å². The minimum absolute atomic E-state index is 0. The van der Waals surface area contributed by atoms with Crippen LogP contribution in [0.15, 0.2) is 29.3 Å². The van der Waals surface area contributed by atoms with Gasteiger partial charge in [-0.2, -0.15) is 8.42 Å². The molecule has 4 N–H and O–H groups in total. The summed E-state index contributed by atoms with van der Waals surface area (Å²) in [6, 6.07) is 2.77. The van der Waals surface area contributed by atoms with Crippen molar-refractivity contribution in [1.82, 2.24) is 0 Å². The third-order valence-electron chi connectivity index (χ3n) is 8.44. The molecule has 3 aliphatic rings. The Kier molecular flexibility index (Phi) is 30.9. The molecule has 66 heavy (non-hydrogen) atoms. The van der Waals surface area contributed by atoms with Crippen molar-refractivity contribution in [2.75, 3.05) is 13.7 Å². The van der Waals surface area contributed by atoms with Crippen molar-refractivity contribution in [2.45, 2.75) is 106 Å². The van der Waals surface area contributed by atoms with Crippen LogP contribution in [0.5, 0.6) is 11.5 Å². The SMILES string of the molecule is COc1ccc(O[C@@H]2O[C@H](C(=O)[O-])[C@@H](O[C@@H]3O[C@H](COS(=O)(=O)[O-])[C@H](OS(=O)(=O)[O-])[C@H](O)[C@H]3N=C(C)[O-])[C@H](O[C@@H]3O[C@@H](C)[C@@H](OS(=O)(=O)[O-])[C@@H](O)[C@@H]3OS(=O)(=O)O)[C@H]2O)cc1.[Na+].[Na+].[Na+].[Na+].[Na+]. The summed E-state index contributed by atoms with van der Waals surface area (Å²) < 4.78 is 191. The fourth-order valence-corrected chi connectivity index (χ4v) is 7.87. The zero-order valence-electron chi connectivity index (χ0n) is 35.8. The second-order valence-electron chi connectivity index (χ2n) is 12.7. The van der Waals surface area contributed by atoms with E-state index in [0.717, 1.165) is 13.8 Å². The van der Waals surface area contributed by atoms with E-state index in [2.05, 4.69) is 21.7 Å². The number of carbonyl (C=O) groups is 1. The normalized spacial score (nSPS) is 32.9. The van der Waals surface area contributed by atoms with Gasteiger partial charge in [0.2, 0.25) is 37.5 Å². The van der Waals surface area contributed by atoms with E-state index in [4.69, 9.17) is 33.2 Å². The molecule has 350 valence electrons. The second kappa shape index (κ2) is 29.1. The number of ether oxygens (including phenoxy) is 7. The number of carboxylic acids is 1. The maximum absolute atomic E-state index is 12.7. The molecule has 3 fully saturated rings. The number of benzene rings is 1. The Morgan fingerprint density at radius 2 is 1.18 bits per heavy atom. The monoisotopic (exact) mass is 1080 g/mol. The zero-order valence-corrected chi connectivity index (χ0v) is 49.0. The van der Waals surface area contributed by atoms with Crippen LogP contribution in [-0.2, 0) is 86.8 Å². The number of nitrogens with zero attached hydrogens (tertiary/aromatic N) is 1. The van der Waals surface area contributed by atoms with Gasteiger partial charge in [-0.05, 0) is 44.0 Å². The molecular weight excluding hydrogens is 1050 g/mol. The van der Waals surface area contributed by atoms with Crippen molar-refractivity contribution >= 4 is 53.5 Å². The molecule has 15 atom stereocenters. The second-order valence-corrected chi connectivity index (χ2v) is 16.8. The van der Waals surface area contributed by atoms with Crippen LogP contribution in [0.4, 0.5) is 0 Å². The van der Waals surface area contributed by atoms with Gasteiger partial charge >= 0.3 is 158 Å². The molecule has 1 aromatic rings. The first kappa shape index (κ1) is 70.0. The summed E-state index contributed by atoms with van der Waals surface area (Å²) in [7, 11) is -21.6. The minimum Gasteiger partial charge on any atom is -0.862 e. The van der Waals surface area contributed by atoms with Gasteiger partial charge in [-0.25, -0.2) is 29.4 Å².